The van der Waals surface area contributed by atoms with Crippen molar-refractivity contribution < 1.29 is 38.2 Å². The number of cyclic esters (lactones) is 1. The average molecular weight is 697 g/mol. The Balaban J connectivity index is 0.000000284. The van der Waals surface area contributed by atoms with E-state index in [9.17, 15) is 24.0 Å². The Hall–Kier alpha value is -5.60. The standard InChI is InChI=1S/C20H18O4.C11H10O3.C9H9ClO.CH4/c1-23-19(21)17-13-18(15-10-6-3-7-11-15)24-20(22)16(17)12-14-8-4-2-5-9-14;1-14-11(13)8-7-10(12)9-5-3-2-4-6-9;10-9(7-11)6-8-4-2-1-3-5-8;/h2-11,13,16-17H,12H2,1H3;2-8H,1H3;1-5,7,9H,6H2;1H4/b;8-7+;;/t16-,17-;;;/m0.../s1. The summed E-state index contributed by atoms with van der Waals surface area (Å²) in [6, 6.07) is 37.3. The Morgan fingerprint density at radius 3 is 1.80 bits per heavy atom. The summed E-state index contributed by atoms with van der Waals surface area (Å²) in [5, 5.41) is -0.391. The highest BCUT2D eigenvalue weighted by Crippen LogP contribution is 2.32. The molecule has 0 radical (unpaired) electrons. The van der Waals surface area contributed by atoms with Crippen LogP contribution in [0.4, 0.5) is 0 Å². The quantitative estimate of drug-likeness (QED) is 0.0418. The van der Waals surface area contributed by atoms with Crippen molar-refractivity contribution >= 4 is 47.3 Å². The number of carbonyl (C=O) groups excluding carboxylic acids is 5. The average Bonchev–Trinajstić information content (AvgIpc) is 3.16. The molecule has 4 aromatic carbocycles. The summed E-state index contributed by atoms with van der Waals surface area (Å²) < 4.78 is 14.8. The van der Waals surface area contributed by atoms with Gasteiger partial charge in [-0.05, 0) is 36.1 Å². The van der Waals surface area contributed by atoms with Gasteiger partial charge in [-0.1, -0.05) is 129 Å². The van der Waals surface area contributed by atoms with Crippen molar-refractivity contribution in [3.8, 4) is 0 Å². The van der Waals surface area contributed by atoms with E-state index < -0.39 is 35.1 Å². The normalized spacial score (nSPS) is 15.2. The van der Waals surface area contributed by atoms with Crippen LogP contribution in [-0.4, -0.2) is 49.6 Å². The van der Waals surface area contributed by atoms with Crippen molar-refractivity contribution in [3.63, 3.8) is 0 Å². The summed E-state index contributed by atoms with van der Waals surface area (Å²) in [7, 11) is 2.59. The van der Waals surface area contributed by atoms with Gasteiger partial charge in [0.15, 0.2) is 5.78 Å². The van der Waals surface area contributed by atoms with Crippen LogP contribution in [0.5, 0.6) is 0 Å². The molecule has 1 aliphatic heterocycles. The van der Waals surface area contributed by atoms with Gasteiger partial charge in [0.2, 0.25) is 0 Å². The maximum Gasteiger partial charge on any atom is 0.330 e. The van der Waals surface area contributed by atoms with Crippen LogP contribution in [0.1, 0.15) is 34.5 Å². The minimum absolute atomic E-state index is 0. The molecule has 0 fully saturated rings. The molecular weight excluding hydrogens is 656 g/mol. The summed E-state index contributed by atoms with van der Waals surface area (Å²) in [6.07, 6.45) is 5.80. The maximum atomic E-state index is 12.5. The molecule has 0 aromatic heterocycles. The van der Waals surface area contributed by atoms with Crippen LogP contribution in [0, 0.1) is 11.8 Å². The zero-order valence-electron chi connectivity index (χ0n) is 27.1. The van der Waals surface area contributed by atoms with Crippen LogP contribution >= 0.6 is 11.6 Å². The number of hydrogen-bond acceptors (Lipinski definition) is 8. The van der Waals surface area contributed by atoms with Gasteiger partial charge < -0.3 is 19.0 Å². The van der Waals surface area contributed by atoms with Crippen molar-refractivity contribution in [3.05, 3.63) is 162 Å². The molecule has 8 nitrogen and oxygen atoms in total. The lowest BCUT2D eigenvalue weighted by atomic mass is 9.84. The van der Waals surface area contributed by atoms with E-state index in [-0.39, 0.29) is 13.2 Å². The lowest BCUT2D eigenvalue weighted by molar-refractivity contribution is -0.155. The fourth-order valence-electron chi connectivity index (χ4n) is 4.65. The lowest BCUT2D eigenvalue weighted by Crippen LogP contribution is -2.35. The number of alkyl halides is 1. The number of halogens is 1. The predicted molar refractivity (Wildman–Crippen MR) is 194 cm³/mol. The fourth-order valence-corrected chi connectivity index (χ4v) is 4.82. The molecular formula is C41H41ClO8. The summed E-state index contributed by atoms with van der Waals surface area (Å²) in [4.78, 5) is 57.0. The van der Waals surface area contributed by atoms with Crippen LogP contribution in [0.3, 0.4) is 0 Å². The van der Waals surface area contributed by atoms with E-state index in [0.717, 1.165) is 29.1 Å². The molecule has 50 heavy (non-hydrogen) atoms. The highest BCUT2D eigenvalue weighted by atomic mass is 35.5. The van der Waals surface area contributed by atoms with Gasteiger partial charge in [-0.2, -0.15) is 0 Å². The fraction of sp³-hybridized carbons (Fsp3) is 0.195. The molecule has 9 heteroatoms. The second-order valence-electron chi connectivity index (χ2n) is 10.6. The van der Waals surface area contributed by atoms with E-state index in [0.29, 0.717) is 24.2 Å². The first-order chi connectivity index (χ1) is 23.7. The molecule has 0 N–H and O–H groups in total. The van der Waals surface area contributed by atoms with E-state index in [2.05, 4.69) is 4.74 Å². The Kier molecular flexibility index (Phi) is 17.9. The van der Waals surface area contributed by atoms with Crippen molar-refractivity contribution in [2.24, 2.45) is 11.8 Å². The topological polar surface area (TPSA) is 113 Å². The molecule has 3 atom stereocenters. The third-order valence-electron chi connectivity index (χ3n) is 7.16. The largest absolute Gasteiger partial charge is 0.469 e. The van der Waals surface area contributed by atoms with Crippen LogP contribution in [-0.2, 0) is 46.2 Å². The molecule has 5 rings (SSSR count). The van der Waals surface area contributed by atoms with Gasteiger partial charge in [0.1, 0.15) is 12.0 Å². The number of methoxy groups -OCH3 is 2. The molecule has 1 heterocycles. The SMILES string of the molecule is C.COC(=O)/C=C/C(=O)c1ccccc1.COC(=O)[C@H]1C=C(c2ccccc2)OC(=O)[C@H]1Cc1ccccc1.O=CC(Cl)Cc1ccccc1. The van der Waals surface area contributed by atoms with Crippen molar-refractivity contribution in [1.29, 1.82) is 0 Å². The smallest absolute Gasteiger partial charge is 0.330 e. The second-order valence-corrected chi connectivity index (χ2v) is 11.2. The number of ketones is 1. The summed E-state index contributed by atoms with van der Waals surface area (Å²) in [5.74, 6) is -2.43. The van der Waals surface area contributed by atoms with E-state index in [1.807, 2.05) is 97.1 Å². The second kappa shape index (κ2) is 22.1. The minimum atomic E-state index is -0.660. The third kappa shape index (κ3) is 13.5. The summed E-state index contributed by atoms with van der Waals surface area (Å²) in [6.45, 7) is 0. The zero-order valence-corrected chi connectivity index (χ0v) is 27.9. The number of ether oxygens (including phenoxy) is 3. The molecule has 1 unspecified atom stereocenters. The molecule has 0 bridgehead atoms. The Morgan fingerprint density at radius 1 is 0.760 bits per heavy atom. The highest BCUT2D eigenvalue weighted by molar-refractivity contribution is 6.27. The van der Waals surface area contributed by atoms with Crippen molar-refractivity contribution in [1.82, 2.24) is 0 Å². The molecule has 1 aliphatic rings. The summed E-state index contributed by atoms with van der Waals surface area (Å²) >= 11 is 5.63. The number of benzene rings is 4. The van der Waals surface area contributed by atoms with Gasteiger partial charge in [0.25, 0.3) is 0 Å². The first-order valence-corrected chi connectivity index (χ1v) is 15.8. The van der Waals surface area contributed by atoms with E-state index >= 15 is 0 Å². The molecule has 0 aliphatic carbocycles. The molecule has 0 amide bonds. The third-order valence-corrected chi connectivity index (χ3v) is 7.42. The lowest BCUT2D eigenvalue weighted by Gasteiger charge is -2.27. The molecule has 4 aromatic rings. The first kappa shape index (κ1) is 40.6. The minimum Gasteiger partial charge on any atom is -0.469 e. The zero-order chi connectivity index (χ0) is 35.4. The Labute approximate surface area is 298 Å². The summed E-state index contributed by atoms with van der Waals surface area (Å²) in [5.41, 5.74) is 3.38. The van der Waals surface area contributed by atoms with Crippen LogP contribution < -0.4 is 0 Å². The highest BCUT2D eigenvalue weighted by Gasteiger charge is 2.39. The van der Waals surface area contributed by atoms with Crippen LogP contribution in [0.25, 0.3) is 5.76 Å². The molecule has 0 saturated carbocycles. The Bertz CT molecular complexity index is 1700. The number of rotatable bonds is 10. The number of esters is 3. The van der Waals surface area contributed by atoms with Crippen molar-refractivity contribution in [2.75, 3.05) is 14.2 Å². The number of allylic oxidation sites excluding steroid dienone is 1. The van der Waals surface area contributed by atoms with E-state index in [1.165, 1.54) is 20.3 Å². The number of aldehydes is 1. The molecule has 0 saturated heterocycles. The molecule has 0 spiro atoms. The van der Waals surface area contributed by atoms with Gasteiger partial charge in [-0.3, -0.25) is 14.4 Å². The van der Waals surface area contributed by atoms with Gasteiger partial charge >= 0.3 is 17.9 Å². The number of carbonyl (C=O) groups is 5. The number of hydrogen-bond donors (Lipinski definition) is 0. The van der Waals surface area contributed by atoms with Gasteiger partial charge in [0, 0.05) is 17.2 Å². The maximum absolute atomic E-state index is 12.5. The van der Waals surface area contributed by atoms with Crippen LogP contribution in [0.15, 0.2) is 140 Å². The molecule has 260 valence electrons. The van der Waals surface area contributed by atoms with Gasteiger partial charge in [-0.15, -0.1) is 11.6 Å². The first-order valence-electron chi connectivity index (χ1n) is 15.3. The van der Waals surface area contributed by atoms with Crippen molar-refractivity contribution in [2.45, 2.75) is 25.6 Å². The van der Waals surface area contributed by atoms with Gasteiger partial charge in [0.05, 0.1) is 31.4 Å². The Morgan fingerprint density at radius 2 is 1.28 bits per heavy atom. The van der Waals surface area contributed by atoms with E-state index in [1.54, 1.807) is 30.3 Å². The van der Waals surface area contributed by atoms with Gasteiger partial charge in [-0.25, -0.2) is 4.79 Å². The predicted octanol–water partition coefficient (Wildman–Crippen LogP) is 7.50. The van der Waals surface area contributed by atoms with Crippen LogP contribution in [0.2, 0.25) is 0 Å². The monoisotopic (exact) mass is 696 g/mol. The van der Waals surface area contributed by atoms with E-state index in [4.69, 9.17) is 21.1 Å².